The number of carbonyl (C=O) groups excluding carboxylic acids is 1. The number of nitrogens with zero attached hydrogens (tertiary/aromatic N) is 2. The van der Waals surface area contributed by atoms with Gasteiger partial charge in [-0.2, -0.15) is 11.8 Å². The van der Waals surface area contributed by atoms with Crippen molar-refractivity contribution in [1.82, 2.24) is 14.9 Å². The summed E-state index contributed by atoms with van der Waals surface area (Å²) in [5.74, 6) is 0.931. The maximum Gasteiger partial charge on any atom is 0.326 e. The molecule has 0 aliphatic rings. The number of rotatable bonds is 3. The van der Waals surface area contributed by atoms with Gasteiger partial charge in [-0.1, -0.05) is 0 Å². The maximum atomic E-state index is 11.2. The zero-order valence-electron chi connectivity index (χ0n) is 6.86. The molecule has 0 aromatic carbocycles. The molecule has 5 heteroatoms. The van der Waals surface area contributed by atoms with Crippen molar-refractivity contribution in [2.24, 2.45) is 0 Å². The van der Waals surface area contributed by atoms with Crippen LogP contribution in [-0.2, 0) is 0 Å². The van der Waals surface area contributed by atoms with E-state index in [-0.39, 0.29) is 6.03 Å². The molecule has 4 nitrogen and oxygen atoms in total. The fourth-order valence-corrected chi connectivity index (χ4v) is 1.04. The quantitative estimate of drug-likeness (QED) is 0.709. The molecule has 1 amide bonds. The molecule has 0 aliphatic heterocycles. The molecule has 0 spiro atoms. The van der Waals surface area contributed by atoms with Crippen LogP contribution in [0.5, 0.6) is 0 Å². The Morgan fingerprint density at radius 3 is 3.17 bits per heavy atom. The third-order valence-corrected chi connectivity index (χ3v) is 1.93. The summed E-state index contributed by atoms with van der Waals surface area (Å²) in [5, 5.41) is 2.75. The molecule has 66 valence electrons. The van der Waals surface area contributed by atoms with Crippen LogP contribution in [0.4, 0.5) is 4.79 Å². The van der Waals surface area contributed by atoms with Crippen LogP contribution in [0.15, 0.2) is 18.7 Å². The monoisotopic (exact) mass is 185 g/mol. The molecule has 1 rings (SSSR count). The summed E-state index contributed by atoms with van der Waals surface area (Å²) in [7, 11) is 0. The molecule has 0 bridgehead atoms. The van der Waals surface area contributed by atoms with E-state index >= 15 is 0 Å². The van der Waals surface area contributed by atoms with Crippen molar-refractivity contribution in [1.29, 1.82) is 0 Å². The molecule has 0 saturated heterocycles. The summed E-state index contributed by atoms with van der Waals surface area (Å²) in [6.07, 6.45) is 6.68. The average molecular weight is 185 g/mol. The van der Waals surface area contributed by atoms with E-state index < -0.39 is 0 Å². The fourth-order valence-electron chi connectivity index (χ4n) is 0.731. The minimum Gasteiger partial charge on any atom is -0.337 e. The molecule has 1 aromatic heterocycles. The first-order valence-electron chi connectivity index (χ1n) is 3.59. The Morgan fingerprint density at radius 2 is 2.58 bits per heavy atom. The van der Waals surface area contributed by atoms with Crippen molar-refractivity contribution >= 4 is 17.8 Å². The molecular formula is C7H11N3OS. The summed E-state index contributed by atoms with van der Waals surface area (Å²) >= 11 is 1.70. The fraction of sp³-hybridized carbons (Fsp3) is 0.429. The van der Waals surface area contributed by atoms with Gasteiger partial charge in [-0.25, -0.2) is 9.78 Å². The van der Waals surface area contributed by atoms with Gasteiger partial charge in [0, 0.05) is 24.7 Å². The number of thioether (sulfide) groups is 1. The van der Waals surface area contributed by atoms with Crippen molar-refractivity contribution in [3.8, 4) is 0 Å². The minimum atomic E-state index is -0.124. The molecule has 0 aliphatic carbocycles. The molecule has 0 fully saturated rings. The van der Waals surface area contributed by atoms with Crippen LogP contribution >= 0.6 is 11.8 Å². The van der Waals surface area contributed by atoms with Crippen LogP contribution in [0.1, 0.15) is 0 Å². The second-order valence-electron chi connectivity index (χ2n) is 2.19. The zero-order valence-corrected chi connectivity index (χ0v) is 7.67. The second kappa shape index (κ2) is 4.82. The number of aromatic nitrogens is 2. The normalized spacial score (nSPS) is 9.75. The van der Waals surface area contributed by atoms with Crippen molar-refractivity contribution in [2.75, 3.05) is 18.6 Å². The molecule has 1 heterocycles. The number of imidazole rings is 1. The number of hydrogen-bond acceptors (Lipinski definition) is 3. The standard InChI is InChI=1S/C7H11N3OS/c1-12-5-3-9-7(11)10-4-2-8-6-10/h2,4,6H,3,5H2,1H3,(H,9,11). The van der Waals surface area contributed by atoms with E-state index in [1.807, 2.05) is 6.26 Å². The SMILES string of the molecule is CSCCNC(=O)n1ccnc1. The summed E-state index contributed by atoms with van der Waals surface area (Å²) < 4.78 is 1.42. The number of hydrogen-bond donors (Lipinski definition) is 1. The molecule has 0 radical (unpaired) electrons. The van der Waals surface area contributed by atoms with Crippen LogP contribution in [0.3, 0.4) is 0 Å². The average Bonchev–Trinajstić information content (AvgIpc) is 2.56. The van der Waals surface area contributed by atoms with Crippen molar-refractivity contribution in [2.45, 2.75) is 0 Å². The summed E-state index contributed by atoms with van der Waals surface area (Å²) in [6, 6.07) is -0.124. The lowest BCUT2D eigenvalue weighted by molar-refractivity contribution is 0.243. The first-order valence-corrected chi connectivity index (χ1v) is 4.99. The Morgan fingerprint density at radius 1 is 1.75 bits per heavy atom. The summed E-state index contributed by atoms with van der Waals surface area (Å²) in [4.78, 5) is 15.0. The second-order valence-corrected chi connectivity index (χ2v) is 3.18. The van der Waals surface area contributed by atoms with Gasteiger partial charge in [0.2, 0.25) is 0 Å². The van der Waals surface area contributed by atoms with E-state index in [1.54, 1.807) is 24.2 Å². The molecule has 0 atom stereocenters. The van der Waals surface area contributed by atoms with Gasteiger partial charge < -0.3 is 5.32 Å². The molecule has 1 N–H and O–H groups in total. The highest BCUT2D eigenvalue weighted by Crippen LogP contribution is 1.88. The van der Waals surface area contributed by atoms with Crippen molar-refractivity contribution < 1.29 is 4.79 Å². The molecule has 0 saturated carbocycles. The van der Waals surface area contributed by atoms with Gasteiger partial charge in [0.15, 0.2) is 0 Å². The summed E-state index contributed by atoms with van der Waals surface area (Å²) in [5.41, 5.74) is 0. The highest BCUT2D eigenvalue weighted by Gasteiger charge is 1.99. The van der Waals surface area contributed by atoms with Gasteiger partial charge in [0.25, 0.3) is 0 Å². The van der Waals surface area contributed by atoms with Gasteiger partial charge in [0.05, 0.1) is 0 Å². The lowest BCUT2D eigenvalue weighted by atomic mass is 10.7. The predicted molar refractivity (Wildman–Crippen MR) is 49.4 cm³/mol. The lowest BCUT2D eigenvalue weighted by Gasteiger charge is -2.02. The van der Waals surface area contributed by atoms with Crippen molar-refractivity contribution in [3.05, 3.63) is 18.7 Å². The van der Waals surface area contributed by atoms with Gasteiger partial charge in [-0.15, -0.1) is 0 Å². The zero-order chi connectivity index (χ0) is 8.81. The molecule has 1 aromatic rings. The summed E-state index contributed by atoms with van der Waals surface area (Å²) in [6.45, 7) is 0.693. The molecule has 12 heavy (non-hydrogen) atoms. The van der Waals surface area contributed by atoms with E-state index in [2.05, 4.69) is 10.3 Å². The number of amides is 1. The Bertz CT molecular complexity index is 235. The van der Waals surface area contributed by atoms with Gasteiger partial charge in [-0.3, -0.25) is 4.57 Å². The Balaban J connectivity index is 2.30. The lowest BCUT2D eigenvalue weighted by Crippen LogP contribution is -2.29. The third-order valence-electron chi connectivity index (χ3n) is 1.32. The minimum absolute atomic E-state index is 0.124. The van der Waals surface area contributed by atoms with E-state index in [9.17, 15) is 4.79 Å². The van der Waals surface area contributed by atoms with Crippen LogP contribution < -0.4 is 5.32 Å². The van der Waals surface area contributed by atoms with E-state index in [4.69, 9.17) is 0 Å². The van der Waals surface area contributed by atoms with E-state index in [1.165, 1.54) is 10.9 Å². The molecule has 0 unspecified atom stereocenters. The largest absolute Gasteiger partial charge is 0.337 e. The van der Waals surface area contributed by atoms with Crippen LogP contribution in [0.25, 0.3) is 0 Å². The number of carbonyl (C=O) groups is 1. The van der Waals surface area contributed by atoms with Crippen molar-refractivity contribution in [3.63, 3.8) is 0 Å². The Labute approximate surface area is 75.4 Å². The first-order chi connectivity index (χ1) is 5.84. The third kappa shape index (κ3) is 2.58. The van der Waals surface area contributed by atoms with Crippen LogP contribution in [0, 0.1) is 0 Å². The highest BCUT2D eigenvalue weighted by molar-refractivity contribution is 7.98. The smallest absolute Gasteiger partial charge is 0.326 e. The molecular weight excluding hydrogens is 174 g/mol. The van der Waals surface area contributed by atoms with E-state index in [0.29, 0.717) is 6.54 Å². The number of nitrogens with one attached hydrogen (secondary N) is 1. The van der Waals surface area contributed by atoms with Crippen LogP contribution in [0.2, 0.25) is 0 Å². The van der Waals surface area contributed by atoms with E-state index in [0.717, 1.165) is 5.75 Å². The Hall–Kier alpha value is -0.970. The van der Waals surface area contributed by atoms with Gasteiger partial charge >= 0.3 is 6.03 Å². The van der Waals surface area contributed by atoms with Gasteiger partial charge in [-0.05, 0) is 6.26 Å². The highest BCUT2D eigenvalue weighted by atomic mass is 32.2. The first kappa shape index (κ1) is 9.12. The van der Waals surface area contributed by atoms with Gasteiger partial charge in [0.1, 0.15) is 6.33 Å². The van der Waals surface area contributed by atoms with Crippen LogP contribution in [-0.4, -0.2) is 34.1 Å². The maximum absolute atomic E-state index is 11.2. The topological polar surface area (TPSA) is 46.9 Å². The predicted octanol–water partition coefficient (Wildman–Crippen LogP) is 0.804. The Kier molecular flexibility index (Phi) is 3.66.